The smallest absolute Gasteiger partial charge is 0.293 e. The van der Waals surface area contributed by atoms with Gasteiger partial charge in [0.25, 0.3) is 6.01 Å². The van der Waals surface area contributed by atoms with Crippen LogP contribution in [0.5, 0.6) is 0 Å². The van der Waals surface area contributed by atoms with Gasteiger partial charge in [-0.3, -0.25) is 0 Å². The molecule has 3 rings (SSSR count). The maximum absolute atomic E-state index is 5.60. The van der Waals surface area contributed by atoms with E-state index in [1.165, 1.54) is 10.9 Å². The summed E-state index contributed by atoms with van der Waals surface area (Å²) in [5, 5.41) is 2.30. The molecule has 0 bridgehead atoms. The molecule has 0 atom stereocenters. The van der Waals surface area contributed by atoms with Crippen LogP contribution in [0.15, 0.2) is 34.7 Å². The molecule has 0 aliphatic heterocycles. The molecule has 16 heavy (non-hydrogen) atoms. The molecule has 0 spiro atoms. The molecule has 3 heteroatoms. The number of hydrogen-bond donors (Lipinski definition) is 1. The van der Waals surface area contributed by atoms with Gasteiger partial charge in [-0.1, -0.05) is 31.2 Å². The van der Waals surface area contributed by atoms with Crippen LogP contribution in [-0.4, -0.2) is 4.98 Å². The van der Waals surface area contributed by atoms with Crippen molar-refractivity contribution in [2.75, 3.05) is 5.73 Å². The van der Waals surface area contributed by atoms with Gasteiger partial charge in [0.2, 0.25) is 0 Å². The third-order valence-electron chi connectivity index (χ3n) is 2.88. The first-order valence-electron chi connectivity index (χ1n) is 5.36. The quantitative estimate of drug-likeness (QED) is 0.674. The summed E-state index contributed by atoms with van der Waals surface area (Å²) in [5.74, 6) is 0. The number of fused-ring (bicyclic) bond motifs is 3. The molecule has 0 unspecified atom stereocenters. The topological polar surface area (TPSA) is 52.0 Å². The molecule has 0 radical (unpaired) electrons. The predicted molar refractivity (Wildman–Crippen MR) is 65.3 cm³/mol. The van der Waals surface area contributed by atoms with E-state index in [1.54, 1.807) is 0 Å². The van der Waals surface area contributed by atoms with Crippen LogP contribution >= 0.6 is 0 Å². The third kappa shape index (κ3) is 1.18. The van der Waals surface area contributed by atoms with Crippen molar-refractivity contribution in [3.8, 4) is 0 Å². The minimum atomic E-state index is 0.230. The van der Waals surface area contributed by atoms with Gasteiger partial charge in [0, 0.05) is 5.39 Å². The fourth-order valence-electron chi connectivity index (χ4n) is 2.14. The molecule has 0 amide bonds. The summed E-state index contributed by atoms with van der Waals surface area (Å²) in [7, 11) is 0. The lowest BCUT2D eigenvalue weighted by Crippen LogP contribution is -1.85. The Morgan fingerprint density at radius 2 is 2.00 bits per heavy atom. The molecule has 0 fully saturated rings. The summed E-state index contributed by atoms with van der Waals surface area (Å²) in [5.41, 5.74) is 8.49. The van der Waals surface area contributed by atoms with E-state index in [1.807, 2.05) is 18.2 Å². The van der Waals surface area contributed by atoms with Crippen LogP contribution in [0.25, 0.3) is 21.9 Å². The van der Waals surface area contributed by atoms with Gasteiger partial charge in [-0.05, 0) is 23.4 Å². The minimum absolute atomic E-state index is 0.230. The summed E-state index contributed by atoms with van der Waals surface area (Å²) < 4.78 is 5.45. The Balaban J connectivity index is 2.56. The lowest BCUT2D eigenvalue weighted by atomic mass is 10.0. The number of aromatic nitrogens is 1. The number of anilines is 1. The van der Waals surface area contributed by atoms with E-state index < -0.39 is 0 Å². The number of aryl methyl sites for hydroxylation is 1. The van der Waals surface area contributed by atoms with Crippen LogP contribution in [-0.2, 0) is 6.42 Å². The first kappa shape index (κ1) is 9.21. The van der Waals surface area contributed by atoms with Gasteiger partial charge in [-0.15, -0.1) is 0 Å². The fraction of sp³-hybridized carbons (Fsp3) is 0.154. The molecular formula is C13H12N2O. The molecule has 0 saturated carbocycles. The van der Waals surface area contributed by atoms with Crippen molar-refractivity contribution in [2.45, 2.75) is 13.3 Å². The Labute approximate surface area is 92.9 Å². The summed E-state index contributed by atoms with van der Waals surface area (Å²) in [6, 6.07) is 10.5. The Kier molecular flexibility index (Phi) is 1.86. The van der Waals surface area contributed by atoms with Gasteiger partial charge in [-0.2, -0.15) is 4.98 Å². The monoisotopic (exact) mass is 212 g/mol. The number of hydrogen-bond acceptors (Lipinski definition) is 3. The lowest BCUT2D eigenvalue weighted by molar-refractivity contribution is 0.629. The van der Waals surface area contributed by atoms with E-state index >= 15 is 0 Å². The molecule has 0 aliphatic carbocycles. The highest BCUT2D eigenvalue weighted by molar-refractivity contribution is 6.05. The number of nitrogens with two attached hydrogens (primary N) is 1. The van der Waals surface area contributed by atoms with Gasteiger partial charge < -0.3 is 10.2 Å². The van der Waals surface area contributed by atoms with Crippen molar-refractivity contribution < 1.29 is 4.42 Å². The molecule has 1 heterocycles. The van der Waals surface area contributed by atoms with E-state index in [0.717, 1.165) is 22.9 Å². The van der Waals surface area contributed by atoms with Gasteiger partial charge in [0.05, 0.1) is 0 Å². The highest BCUT2D eigenvalue weighted by atomic mass is 16.4. The minimum Gasteiger partial charge on any atom is -0.423 e. The Hall–Kier alpha value is -2.03. The van der Waals surface area contributed by atoms with E-state index in [9.17, 15) is 0 Å². The molecule has 0 saturated heterocycles. The summed E-state index contributed by atoms with van der Waals surface area (Å²) in [4.78, 5) is 4.18. The standard InChI is InChI=1S/C13H12N2O/c1-2-8-7-11-12(16-13(14)15-11)10-6-4-3-5-9(8)10/h3-7H,2H2,1H3,(H2,14,15). The van der Waals surface area contributed by atoms with E-state index in [4.69, 9.17) is 10.2 Å². The number of nitrogens with zero attached hydrogens (tertiary/aromatic N) is 1. The summed E-state index contributed by atoms with van der Waals surface area (Å²) in [6.07, 6.45) is 0.975. The summed E-state index contributed by atoms with van der Waals surface area (Å²) in [6.45, 7) is 2.14. The average Bonchev–Trinajstić information content (AvgIpc) is 2.68. The highest BCUT2D eigenvalue weighted by Crippen LogP contribution is 2.29. The van der Waals surface area contributed by atoms with Crippen LogP contribution in [0, 0.1) is 0 Å². The second-order valence-electron chi connectivity index (χ2n) is 3.84. The van der Waals surface area contributed by atoms with Gasteiger partial charge in [0.15, 0.2) is 5.58 Å². The van der Waals surface area contributed by atoms with E-state index in [2.05, 4.69) is 24.0 Å². The van der Waals surface area contributed by atoms with Crippen molar-refractivity contribution in [3.63, 3.8) is 0 Å². The van der Waals surface area contributed by atoms with Crippen molar-refractivity contribution in [3.05, 3.63) is 35.9 Å². The maximum Gasteiger partial charge on any atom is 0.293 e. The summed E-state index contributed by atoms with van der Waals surface area (Å²) >= 11 is 0. The molecule has 3 aromatic rings. The molecule has 1 aromatic heterocycles. The van der Waals surface area contributed by atoms with Crippen LogP contribution < -0.4 is 5.73 Å². The largest absolute Gasteiger partial charge is 0.423 e. The van der Waals surface area contributed by atoms with Gasteiger partial charge in [-0.25, -0.2) is 0 Å². The molecule has 3 nitrogen and oxygen atoms in total. The average molecular weight is 212 g/mol. The Bertz CT molecular complexity index is 670. The Morgan fingerprint density at radius 1 is 1.25 bits per heavy atom. The van der Waals surface area contributed by atoms with Crippen LogP contribution in [0.4, 0.5) is 6.01 Å². The van der Waals surface area contributed by atoms with Crippen molar-refractivity contribution >= 4 is 27.9 Å². The fourth-order valence-corrected chi connectivity index (χ4v) is 2.14. The number of rotatable bonds is 1. The molecule has 2 N–H and O–H groups in total. The van der Waals surface area contributed by atoms with E-state index in [0.29, 0.717) is 0 Å². The zero-order chi connectivity index (χ0) is 11.1. The molecule has 80 valence electrons. The van der Waals surface area contributed by atoms with Gasteiger partial charge >= 0.3 is 0 Å². The number of oxazole rings is 1. The molecule has 2 aromatic carbocycles. The number of nitrogen functional groups attached to an aromatic ring is 1. The Morgan fingerprint density at radius 3 is 2.75 bits per heavy atom. The van der Waals surface area contributed by atoms with E-state index in [-0.39, 0.29) is 6.01 Å². The third-order valence-corrected chi connectivity index (χ3v) is 2.88. The predicted octanol–water partition coefficient (Wildman–Crippen LogP) is 3.13. The van der Waals surface area contributed by atoms with Gasteiger partial charge in [0.1, 0.15) is 5.52 Å². The second-order valence-corrected chi connectivity index (χ2v) is 3.84. The maximum atomic E-state index is 5.60. The molecular weight excluding hydrogens is 200 g/mol. The lowest BCUT2D eigenvalue weighted by Gasteiger charge is -2.03. The van der Waals surface area contributed by atoms with Crippen LogP contribution in [0.2, 0.25) is 0 Å². The molecule has 0 aliphatic rings. The van der Waals surface area contributed by atoms with Crippen molar-refractivity contribution in [2.24, 2.45) is 0 Å². The number of benzene rings is 2. The highest BCUT2D eigenvalue weighted by Gasteiger charge is 2.10. The van der Waals surface area contributed by atoms with Crippen molar-refractivity contribution in [1.29, 1.82) is 0 Å². The first-order valence-corrected chi connectivity index (χ1v) is 5.36. The first-order chi connectivity index (χ1) is 7.79. The zero-order valence-electron chi connectivity index (χ0n) is 9.03. The van der Waals surface area contributed by atoms with Crippen molar-refractivity contribution in [1.82, 2.24) is 4.98 Å². The second kappa shape index (κ2) is 3.23. The van der Waals surface area contributed by atoms with Crippen LogP contribution in [0.3, 0.4) is 0 Å². The zero-order valence-corrected chi connectivity index (χ0v) is 9.03. The SMILES string of the molecule is CCc1cc2nc(N)oc2c2ccccc12. The normalized spacial score (nSPS) is 11.3. The van der Waals surface area contributed by atoms with Crippen LogP contribution in [0.1, 0.15) is 12.5 Å².